The lowest BCUT2D eigenvalue weighted by Gasteiger charge is -2.22. The lowest BCUT2D eigenvalue weighted by molar-refractivity contribution is -0.0476. The van der Waals surface area contributed by atoms with E-state index in [1.165, 1.54) is 23.5 Å². The highest BCUT2D eigenvalue weighted by atomic mass is 31.2. The van der Waals surface area contributed by atoms with Gasteiger partial charge in [0, 0.05) is 6.42 Å². The molecule has 226 valence electrons. The van der Waals surface area contributed by atoms with Crippen LogP contribution in [0.1, 0.15) is 31.7 Å². The van der Waals surface area contributed by atoms with Gasteiger partial charge < -0.3 is 34.1 Å². The first-order chi connectivity index (χ1) is 20.0. The lowest BCUT2D eigenvalue weighted by atomic mass is 10.2. The molecule has 5 unspecified atom stereocenters. The van der Waals surface area contributed by atoms with Gasteiger partial charge in [0.1, 0.15) is 24.7 Å². The van der Waals surface area contributed by atoms with Crippen LogP contribution in [0.25, 0.3) is 22.3 Å². The molecule has 5 N–H and O–H groups in total. The number of phosphoric ester groups is 2. The topological polar surface area (TPSA) is 268 Å². The van der Waals surface area contributed by atoms with Gasteiger partial charge in [0.25, 0.3) is 11.1 Å². The molecule has 22 heteroatoms. The van der Waals surface area contributed by atoms with Gasteiger partial charge >= 0.3 is 15.6 Å². The van der Waals surface area contributed by atoms with Crippen molar-refractivity contribution in [3.05, 3.63) is 46.0 Å². The summed E-state index contributed by atoms with van der Waals surface area (Å²) in [5, 5.41) is 0. The standard InChI is InChI=1S/C20H24N8O12P2/c29-19-15-17(21-6-23-19)27(8-25-15)13-2-1-10(38-13)4-37-42(34,35)40-11-3-14(39-12(11)5-36-41(31,32)33)28-9-26-16-18(28)22-7-24-20(16)30/h6-14H,1-5H2,(H,34,35)(H,21,23,29)(H,22,24,30)(H2,31,32,33)/t10?,11-,12?,13?,14?/m0/s1. The molecule has 0 aromatic carbocycles. The smallest absolute Gasteiger partial charge is 0.352 e. The van der Waals surface area contributed by atoms with Crippen molar-refractivity contribution in [1.29, 1.82) is 0 Å². The molecule has 0 bridgehead atoms. The van der Waals surface area contributed by atoms with Crippen LogP contribution in [0.3, 0.4) is 0 Å². The van der Waals surface area contributed by atoms with E-state index in [0.29, 0.717) is 18.5 Å². The number of hydrogen-bond donors (Lipinski definition) is 5. The van der Waals surface area contributed by atoms with Gasteiger partial charge in [0.15, 0.2) is 22.3 Å². The van der Waals surface area contributed by atoms with Gasteiger partial charge in [0.05, 0.1) is 44.6 Å². The molecule has 6 rings (SSSR count). The first-order valence-electron chi connectivity index (χ1n) is 12.4. The van der Waals surface area contributed by atoms with E-state index in [-0.39, 0.29) is 29.7 Å². The summed E-state index contributed by atoms with van der Waals surface area (Å²) < 4.78 is 54.0. The lowest BCUT2D eigenvalue weighted by Crippen LogP contribution is -2.28. The Morgan fingerprint density at radius 2 is 1.48 bits per heavy atom. The van der Waals surface area contributed by atoms with Crippen molar-refractivity contribution >= 4 is 38.0 Å². The molecule has 0 radical (unpaired) electrons. The minimum atomic E-state index is -4.92. The summed E-state index contributed by atoms with van der Waals surface area (Å²) in [6.07, 6.45) is 1.40. The monoisotopic (exact) mass is 630 g/mol. The highest BCUT2D eigenvalue weighted by Crippen LogP contribution is 2.50. The largest absolute Gasteiger partial charge is 0.472 e. The van der Waals surface area contributed by atoms with Crippen LogP contribution in [0.4, 0.5) is 0 Å². The fourth-order valence-corrected chi connectivity index (χ4v) is 6.16. The number of H-pyrrole nitrogens is 2. The second-order valence-corrected chi connectivity index (χ2v) is 12.1. The molecule has 6 atom stereocenters. The zero-order valence-electron chi connectivity index (χ0n) is 21.3. The number of aromatic nitrogens is 8. The molecule has 0 spiro atoms. The van der Waals surface area contributed by atoms with Crippen molar-refractivity contribution in [2.45, 2.75) is 50.0 Å². The number of fused-ring (bicyclic) bond motifs is 2. The summed E-state index contributed by atoms with van der Waals surface area (Å²) in [6, 6.07) is 0. The molecule has 4 aromatic heterocycles. The SMILES string of the molecule is O=c1[nH]cnc2c1ncn2C1CCC(COP(=O)(O)O[C@H]2CC(n3cnc4c(=O)[nH]cnc43)OC2COP(=O)(O)O)O1. The number of imidazole rings is 2. The molecular weight excluding hydrogens is 606 g/mol. The summed E-state index contributed by atoms with van der Waals surface area (Å²) in [5.41, 5.74) is -0.252. The van der Waals surface area contributed by atoms with E-state index in [1.807, 2.05) is 0 Å². The van der Waals surface area contributed by atoms with Crippen LogP contribution in [-0.4, -0.2) is 85.2 Å². The minimum absolute atomic E-state index is 0.0192. The Labute approximate surface area is 233 Å². The Kier molecular flexibility index (Phi) is 7.69. The maximum Gasteiger partial charge on any atom is 0.472 e. The molecule has 2 saturated heterocycles. The molecule has 20 nitrogen and oxygen atoms in total. The van der Waals surface area contributed by atoms with Crippen molar-refractivity contribution < 1.29 is 46.9 Å². The number of ether oxygens (including phenoxy) is 2. The quantitative estimate of drug-likeness (QED) is 0.142. The number of nitrogens with zero attached hydrogens (tertiary/aromatic N) is 6. The summed E-state index contributed by atoms with van der Waals surface area (Å²) in [6.45, 7) is -1.01. The molecule has 42 heavy (non-hydrogen) atoms. The Morgan fingerprint density at radius 3 is 2.10 bits per heavy atom. The average Bonchev–Trinajstić information content (AvgIpc) is 3.71. The van der Waals surface area contributed by atoms with Crippen LogP contribution in [0.2, 0.25) is 0 Å². The van der Waals surface area contributed by atoms with E-state index in [9.17, 15) is 23.6 Å². The molecule has 0 aliphatic carbocycles. The third-order valence-electron chi connectivity index (χ3n) is 6.72. The van der Waals surface area contributed by atoms with Gasteiger partial charge in [-0.15, -0.1) is 0 Å². The van der Waals surface area contributed by atoms with Gasteiger partial charge in [-0.1, -0.05) is 0 Å². The Balaban J connectivity index is 1.11. The molecule has 0 saturated carbocycles. The van der Waals surface area contributed by atoms with Gasteiger partial charge in [-0.25, -0.2) is 29.1 Å². The second kappa shape index (κ2) is 11.2. The third-order valence-corrected chi connectivity index (χ3v) is 8.21. The number of rotatable bonds is 10. The van der Waals surface area contributed by atoms with E-state index in [1.54, 1.807) is 4.57 Å². The number of hydrogen-bond acceptors (Lipinski definition) is 13. The second-order valence-electron chi connectivity index (χ2n) is 9.46. The maximum atomic E-state index is 12.9. The predicted molar refractivity (Wildman–Crippen MR) is 137 cm³/mol. The van der Waals surface area contributed by atoms with Gasteiger partial charge in [-0.3, -0.25) is 32.3 Å². The first-order valence-corrected chi connectivity index (χ1v) is 15.5. The van der Waals surface area contributed by atoms with Crippen LogP contribution in [0.5, 0.6) is 0 Å². The van der Waals surface area contributed by atoms with Crippen LogP contribution in [-0.2, 0) is 32.2 Å². The fraction of sp³-hybridized carbons (Fsp3) is 0.500. The van der Waals surface area contributed by atoms with Crippen molar-refractivity contribution in [3.8, 4) is 0 Å². The first kappa shape index (κ1) is 28.9. The van der Waals surface area contributed by atoms with Gasteiger partial charge in [-0.05, 0) is 12.8 Å². The van der Waals surface area contributed by atoms with Crippen LogP contribution < -0.4 is 11.1 Å². The van der Waals surface area contributed by atoms with Crippen molar-refractivity contribution in [2.75, 3.05) is 13.2 Å². The third kappa shape index (κ3) is 6.00. The summed E-state index contributed by atoms with van der Waals surface area (Å²) in [7, 11) is -9.68. The molecule has 4 aromatic rings. The van der Waals surface area contributed by atoms with Crippen LogP contribution in [0, 0.1) is 0 Å². The zero-order valence-corrected chi connectivity index (χ0v) is 23.1. The Hall–Kier alpha value is -3.16. The molecule has 6 heterocycles. The minimum Gasteiger partial charge on any atom is -0.352 e. The van der Waals surface area contributed by atoms with E-state index in [4.69, 9.17) is 28.3 Å². The van der Waals surface area contributed by atoms with Gasteiger partial charge in [-0.2, -0.15) is 0 Å². The summed E-state index contributed by atoms with van der Waals surface area (Å²) >= 11 is 0. The fourth-order valence-electron chi connectivity index (χ4n) is 4.84. The van der Waals surface area contributed by atoms with E-state index < -0.39 is 64.1 Å². The highest BCUT2D eigenvalue weighted by Gasteiger charge is 2.43. The normalized spacial score (nSPS) is 26.3. The van der Waals surface area contributed by atoms with Crippen LogP contribution >= 0.6 is 15.6 Å². The van der Waals surface area contributed by atoms with Crippen LogP contribution in [0.15, 0.2) is 34.9 Å². The maximum absolute atomic E-state index is 12.9. The average molecular weight is 630 g/mol. The number of phosphoric acid groups is 2. The Morgan fingerprint density at radius 1 is 0.857 bits per heavy atom. The van der Waals surface area contributed by atoms with Crippen molar-refractivity contribution in [2.24, 2.45) is 0 Å². The Bertz CT molecular complexity index is 1820. The molecule has 2 fully saturated rings. The summed E-state index contributed by atoms with van der Waals surface area (Å²) in [5.74, 6) is 0. The van der Waals surface area contributed by atoms with Crippen molar-refractivity contribution in [1.82, 2.24) is 39.0 Å². The van der Waals surface area contributed by atoms with E-state index >= 15 is 0 Å². The molecule has 2 aliphatic rings. The highest BCUT2D eigenvalue weighted by molar-refractivity contribution is 7.47. The molecule has 0 amide bonds. The number of aromatic amines is 2. The molecule has 2 aliphatic heterocycles. The van der Waals surface area contributed by atoms with E-state index in [2.05, 4.69) is 34.4 Å². The number of nitrogens with one attached hydrogen (secondary N) is 2. The zero-order chi connectivity index (χ0) is 29.6. The summed E-state index contributed by atoms with van der Waals surface area (Å²) in [4.78, 5) is 73.8. The van der Waals surface area contributed by atoms with Crippen molar-refractivity contribution in [3.63, 3.8) is 0 Å². The van der Waals surface area contributed by atoms with E-state index in [0.717, 1.165) is 6.33 Å². The van der Waals surface area contributed by atoms with Gasteiger partial charge in [0.2, 0.25) is 0 Å². The molecular formula is C20H24N8O12P2. The predicted octanol–water partition coefficient (Wildman–Crippen LogP) is -0.171.